The SMILES string of the molecule is C#CCCC(NC)C1CSc2ccccc21. The number of hydrogen-bond donors (Lipinski definition) is 1. The summed E-state index contributed by atoms with van der Waals surface area (Å²) in [6.07, 6.45) is 7.26. The fourth-order valence-corrected chi connectivity index (χ4v) is 3.64. The molecule has 0 radical (unpaired) electrons. The Bertz CT molecular complexity index is 394. The average molecular weight is 231 g/mol. The summed E-state index contributed by atoms with van der Waals surface area (Å²) in [6, 6.07) is 9.22. The molecule has 0 saturated carbocycles. The van der Waals surface area contributed by atoms with Gasteiger partial charge in [0.25, 0.3) is 0 Å². The monoisotopic (exact) mass is 231 g/mol. The van der Waals surface area contributed by atoms with Crippen LogP contribution in [-0.4, -0.2) is 18.8 Å². The maximum absolute atomic E-state index is 5.34. The van der Waals surface area contributed by atoms with Crippen molar-refractivity contribution in [1.82, 2.24) is 5.32 Å². The van der Waals surface area contributed by atoms with Crippen molar-refractivity contribution in [3.05, 3.63) is 29.8 Å². The summed E-state index contributed by atoms with van der Waals surface area (Å²) in [5.74, 6) is 4.52. The van der Waals surface area contributed by atoms with Crippen LogP contribution in [0.3, 0.4) is 0 Å². The van der Waals surface area contributed by atoms with Gasteiger partial charge in [0.05, 0.1) is 0 Å². The Labute approximate surface area is 102 Å². The van der Waals surface area contributed by atoms with Crippen LogP contribution in [0.1, 0.15) is 24.3 Å². The quantitative estimate of drug-likeness (QED) is 0.800. The van der Waals surface area contributed by atoms with E-state index in [0.29, 0.717) is 12.0 Å². The first kappa shape index (κ1) is 11.6. The van der Waals surface area contributed by atoms with E-state index in [9.17, 15) is 0 Å². The molecule has 1 aliphatic heterocycles. The van der Waals surface area contributed by atoms with E-state index in [1.165, 1.54) is 16.2 Å². The second-order valence-electron chi connectivity index (χ2n) is 4.09. The van der Waals surface area contributed by atoms with Gasteiger partial charge in [0, 0.05) is 29.0 Å². The van der Waals surface area contributed by atoms with E-state index in [2.05, 4.69) is 35.5 Å². The van der Waals surface area contributed by atoms with E-state index in [1.54, 1.807) is 0 Å². The number of benzene rings is 1. The topological polar surface area (TPSA) is 12.0 Å². The highest BCUT2D eigenvalue weighted by Crippen LogP contribution is 2.41. The summed E-state index contributed by atoms with van der Waals surface area (Å²) >= 11 is 1.96. The highest BCUT2D eigenvalue weighted by Gasteiger charge is 2.28. The zero-order valence-electron chi connectivity index (χ0n) is 9.57. The van der Waals surface area contributed by atoms with Gasteiger partial charge in [0.15, 0.2) is 0 Å². The van der Waals surface area contributed by atoms with Gasteiger partial charge in [-0.1, -0.05) is 18.2 Å². The van der Waals surface area contributed by atoms with Crippen molar-refractivity contribution in [2.24, 2.45) is 0 Å². The summed E-state index contributed by atoms with van der Waals surface area (Å²) in [5, 5.41) is 3.41. The number of hydrogen-bond acceptors (Lipinski definition) is 2. The molecule has 2 heteroatoms. The first-order valence-corrected chi connectivity index (χ1v) is 6.68. The van der Waals surface area contributed by atoms with Crippen LogP contribution < -0.4 is 5.32 Å². The minimum absolute atomic E-state index is 0.507. The van der Waals surface area contributed by atoms with E-state index in [-0.39, 0.29) is 0 Å². The van der Waals surface area contributed by atoms with Crippen LogP contribution in [0.5, 0.6) is 0 Å². The van der Waals surface area contributed by atoms with E-state index >= 15 is 0 Å². The fraction of sp³-hybridized carbons (Fsp3) is 0.429. The smallest absolute Gasteiger partial charge is 0.0150 e. The maximum Gasteiger partial charge on any atom is 0.0150 e. The van der Waals surface area contributed by atoms with Gasteiger partial charge in [-0.15, -0.1) is 24.1 Å². The molecule has 2 atom stereocenters. The zero-order valence-corrected chi connectivity index (χ0v) is 10.4. The first-order valence-electron chi connectivity index (χ1n) is 5.69. The number of terminal acetylenes is 1. The van der Waals surface area contributed by atoms with Gasteiger partial charge in [0.1, 0.15) is 0 Å². The molecule has 0 aromatic heterocycles. The number of likely N-dealkylation sites (N-methyl/N-ethyl adjacent to an activating group) is 1. The lowest BCUT2D eigenvalue weighted by Crippen LogP contribution is -2.32. The summed E-state index contributed by atoms with van der Waals surface area (Å²) in [5.41, 5.74) is 1.49. The highest BCUT2D eigenvalue weighted by molar-refractivity contribution is 7.99. The van der Waals surface area contributed by atoms with Crippen LogP contribution in [-0.2, 0) is 0 Å². The second kappa shape index (κ2) is 5.43. The fourth-order valence-electron chi connectivity index (χ4n) is 2.31. The van der Waals surface area contributed by atoms with Gasteiger partial charge < -0.3 is 5.32 Å². The Morgan fingerprint density at radius 3 is 3.12 bits per heavy atom. The first-order chi connectivity index (χ1) is 7.86. The molecule has 0 spiro atoms. The molecule has 84 valence electrons. The third-order valence-electron chi connectivity index (χ3n) is 3.19. The normalized spacial score (nSPS) is 20.1. The Hall–Kier alpha value is -0.910. The van der Waals surface area contributed by atoms with Crippen LogP contribution in [0.15, 0.2) is 29.2 Å². The largest absolute Gasteiger partial charge is 0.316 e. The van der Waals surface area contributed by atoms with Crippen molar-refractivity contribution in [3.63, 3.8) is 0 Å². The molecule has 0 fully saturated rings. The number of fused-ring (bicyclic) bond motifs is 1. The third kappa shape index (κ3) is 2.26. The predicted molar refractivity (Wildman–Crippen MR) is 70.8 cm³/mol. The van der Waals surface area contributed by atoms with Crippen molar-refractivity contribution in [1.29, 1.82) is 0 Å². The van der Waals surface area contributed by atoms with Gasteiger partial charge in [-0.2, -0.15) is 0 Å². The molecular weight excluding hydrogens is 214 g/mol. The second-order valence-corrected chi connectivity index (χ2v) is 5.16. The van der Waals surface area contributed by atoms with Crippen molar-refractivity contribution in [2.75, 3.05) is 12.8 Å². The molecule has 16 heavy (non-hydrogen) atoms. The Morgan fingerprint density at radius 2 is 2.38 bits per heavy atom. The molecule has 1 heterocycles. The molecule has 0 amide bonds. The van der Waals surface area contributed by atoms with E-state index in [4.69, 9.17) is 6.42 Å². The summed E-state index contributed by atoms with van der Waals surface area (Å²) < 4.78 is 0. The van der Waals surface area contributed by atoms with Crippen molar-refractivity contribution in [3.8, 4) is 12.3 Å². The molecule has 2 rings (SSSR count). The van der Waals surface area contributed by atoms with Crippen molar-refractivity contribution >= 4 is 11.8 Å². The van der Waals surface area contributed by atoms with Gasteiger partial charge in [0.2, 0.25) is 0 Å². The van der Waals surface area contributed by atoms with E-state index < -0.39 is 0 Å². The summed E-state index contributed by atoms with van der Waals surface area (Å²) in [7, 11) is 2.03. The van der Waals surface area contributed by atoms with E-state index in [0.717, 1.165) is 12.8 Å². The van der Waals surface area contributed by atoms with Gasteiger partial charge in [-0.05, 0) is 25.1 Å². The van der Waals surface area contributed by atoms with Gasteiger partial charge in [-0.25, -0.2) is 0 Å². The average Bonchev–Trinajstić information content (AvgIpc) is 2.75. The lowest BCUT2D eigenvalue weighted by molar-refractivity contribution is 0.467. The standard InChI is InChI=1S/C14H17NS/c1-3-4-8-13(15-2)12-10-16-14-9-6-5-7-11(12)14/h1,5-7,9,12-13,15H,4,8,10H2,2H3. The predicted octanol–water partition coefficient (Wildman–Crippen LogP) is 2.88. The number of rotatable bonds is 4. The molecule has 1 aromatic carbocycles. The zero-order chi connectivity index (χ0) is 11.4. The molecule has 2 unspecified atom stereocenters. The van der Waals surface area contributed by atoms with Crippen molar-refractivity contribution in [2.45, 2.75) is 29.7 Å². The minimum Gasteiger partial charge on any atom is -0.316 e. The maximum atomic E-state index is 5.34. The lowest BCUT2D eigenvalue weighted by atomic mass is 9.90. The number of thioether (sulfide) groups is 1. The Kier molecular flexibility index (Phi) is 3.93. The molecule has 1 aliphatic rings. The summed E-state index contributed by atoms with van der Waals surface area (Å²) in [6.45, 7) is 0. The van der Waals surface area contributed by atoms with Crippen LogP contribution >= 0.6 is 11.8 Å². The van der Waals surface area contributed by atoms with E-state index in [1.807, 2.05) is 18.8 Å². The van der Waals surface area contributed by atoms with Crippen LogP contribution in [0.4, 0.5) is 0 Å². The van der Waals surface area contributed by atoms with Crippen LogP contribution in [0.25, 0.3) is 0 Å². The van der Waals surface area contributed by atoms with Crippen molar-refractivity contribution < 1.29 is 0 Å². The van der Waals surface area contributed by atoms with Crippen LogP contribution in [0.2, 0.25) is 0 Å². The summed E-state index contributed by atoms with van der Waals surface area (Å²) in [4.78, 5) is 1.44. The molecule has 1 aromatic rings. The van der Waals surface area contributed by atoms with Gasteiger partial charge in [-0.3, -0.25) is 0 Å². The molecule has 0 bridgehead atoms. The lowest BCUT2D eigenvalue weighted by Gasteiger charge is -2.22. The molecule has 0 saturated heterocycles. The van der Waals surface area contributed by atoms with Gasteiger partial charge >= 0.3 is 0 Å². The Morgan fingerprint density at radius 1 is 1.56 bits per heavy atom. The van der Waals surface area contributed by atoms with Crippen LogP contribution in [0, 0.1) is 12.3 Å². The highest BCUT2D eigenvalue weighted by atomic mass is 32.2. The molecular formula is C14H17NS. The minimum atomic E-state index is 0.507. The number of nitrogens with one attached hydrogen (secondary N) is 1. The molecule has 1 nitrogen and oxygen atoms in total. The Balaban J connectivity index is 2.14. The molecule has 0 aliphatic carbocycles. The molecule has 1 N–H and O–H groups in total. The third-order valence-corrected chi connectivity index (χ3v) is 4.40.